The molecule has 1 aromatic carbocycles. The van der Waals surface area contributed by atoms with Crippen molar-refractivity contribution in [3.05, 3.63) is 48.3 Å². The van der Waals surface area contributed by atoms with Crippen LogP contribution in [0.5, 0.6) is 0 Å². The van der Waals surface area contributed by atoms with E-state index in [0.29, 0.717) is 22.8 Å². The Hall–Kier alpha value is -2.89. The van der Waals surface area contributed by atoms with Crippen LogP contribution in [0.4, 0.5) is 17.1 Å². The highest BCUT2D eigenvalue weighted by Gasteiger charge is 2.06. The average molecular weight is 284 g/mol. The van der Waals surface area contributed by atoms with E-state index in [0.717, 1.165) is 0 Å². The molecular formula is C15H16N4O2. The fourth-order valence-electron chi connectivity index (χ4n) is 1.79. The van der Waals surface area contributed by atoms with Crippen molar-refractivity contribution >= 4 is 28.9 Å². The summed E-state index contributed by atoms with van der Waals surface area (Å²) in [7, 11) is 0. The molecule has 0 aliphatic heterocycles. The fraction of sp³-hybridized carbons (Fsp3) is 0.133. The molecule has 2 rings (SSSR count). The first-order valence-electron chi connectivity index (χ1n) is 6.41. The standard InChI is InChI=1S/C15H16N4O2/c1-10(20)18-13-3-2-4-14(7-13)19-15(21)8-12-6-5-11(16)9-17-12/h2-7,9H,8,16H2,1H3,(H,18,20)(H,19,21). The van der Waals surface area contributed by atoms with E-state index in [1.54, 1.807) is 36.4 Å². The van der Waals surface area contributed by atoms with Gasteiger partial charge in [-0.25, -0.2) is 0 Å². The molecule has 4 N–H and O–H groups in total. The lowest BCUT2D eigenvalue weighted by molar-refractivity contribution is -0.116. The summed E-state index contributed by atoms with van der Waals surface area (Å²) in [5.41, 5.74) is 7.98. The number of nitrogen functional groups attached to an aromatic ring is 1. The largest absolute Gasteiger partial charge is 0.397 e. The molecule has 1 aromatic heterocycles. The first-order chi connectivity index (χ1) is 10.0. The Morgan fingerprint density at radius 1 is 1.14 bits per heavy atom. The molecule has 0 saturated carbocycles. The number of hydrogen-bond acceptors (Lipinski definition) is 4. The lowest BCUT2D eigenvalue weighted by Crippen LogP contribution is -2.15. The van der Waals surface area contributed by atoms with Gasteiger partial charge in [0.25, 0.3) is 0 Å². The van der Waals surface area contributed by atoms with Gasteiger partial charge in [0, 0.05) is 24.0 Å². The SMILES string of the molecule is CC(=O)Nc1cccc(NC(=O)Cc2ccc(N)cn2)c1. The molecule has 108 valence electrons. The van der Waals surface area contributed by atoms with E-state index >= 15 is 0 Å². The van der Waals surface area contributed by atoms with Crippen molar-refractivity contribution in [1.82, 2.24) is 4.98 Å². The Balaban J connectivity index is 1.99. The lowest BCUT2D eigenvalue weighted by Gasteiger charge is -2.07. The summed E-state index contributed by atoms with van der Waals surface area (Å²) in [5.74, 6) is -0.350. The Morgan fingerprint density at radius 3 is 2.48 bits per heavy atom. The Morgan fingerprint density at radius 2 is 1.86 bits per heavy atom. The molecule has 0 unspecified atom stereocenters. The Bertz CT molecular complexity index is 653. The quantitative estimate of drug-likeness (QED) is 0.797. The molecule has 6 heteroatoms. The van der Waals surface area contributed by atoms with Crippen molar-refractivity contribution in [2.24, 2.45) is 0 Å². The van der Waals surface area contributed by atoms with Gasteiger partial charge < -0.3 is 16.4 Å². The molecule has 6 nitrogen and oxygen atoms in total. The number of anilines is 3. The van der Waals surface area contributed by atoms with Gasteiger partial charge in [-0.1, -0.05) is 6.07 Å². The van der Waals surface area contributed by atoms with Crippen LogP contribution in [0.1, 0.15) is 12.6 Å². The van der Waals surface area contributed by atoms with Crippen LogP contribution in [-0.2, 0) is 16.0 Å². The Labute approximate surface area is 122 Å². The van der Waals surface area contributed by atoms with Crippen molar-refractivity contribution in [2.75, 3.05) is 16.4 Å². The summed E-state index contributed by atoms with van der Waals surface area (Å²) >= 11 is 0. The van der Waals surface area contributed by atoms with Crippen LogP contribution in [0.2, 0.25) is 0 Å². The summed E-state index contributed by atoms with van der Waals surface area (Å²) in [5, 5.41) is 5.42. The number of pyridine rings is 1. The fourth-order valence-corrected chi connectivity index (χ4v) is 1.79. The Kier molecular flexibility index (Phi) is 4.50. The van der Waals surface area contributed by atoms with Crippen LogP contribution in [-0.4, -0.2) is 16.8 Å². The topological polar surface area (TPSA) is 97.1 Å². The summed E-state index contributed by atoms with van der Waals surface area (Å²) < 4.78 is 0. The number of carbonyl (C=O) groups excluding carboxylic acids is 2. The number of nitrogens with one attached hydrogen (secondary N) is 2. The minimum atomic E-state index is -0.188. The van der Waals surface area contributed by atoms with E-state index < -0.39 is 0 Å². The van der Waals surface area contributed by atoms with Crippen LogP contribution in [0.25, 0.3) is 0 Å². The minimum absolute atomic E-state index is 0.157. The number of nitrogens with zero attached hydrogens (tertiary/aromatic N) is 1. The van der Waals surface area contributed by atoms with E-state index in [9.17, 15) is 9.59 Å². The summed E-state index contributed by atoms with van der Waals surface area (Å²) in [6.45, 7) is 1.43. The highest BCUT2D eigenvalue weighted by atomic mass is 16.2. The molecule has 0 radical (unpaired) electrons. The third-order valence-electron chi connectivity index (χ3n) is 2.66. The average Bonchev–Trinajstić information content (AvgIpc) is 2.41. The smallest absolute Gasteiger partial charge is 0.230 e. The van der Waals surface area contributed by atoms with Gasteiger partial charge in [-0.3, -0.25) is 14.6 Å². The predicted octanol–water partition coefficient (Wildman–Crippen LogP) is 1.80. The first-order valence-corrected chi connectivity index (χ1v) is 6.41. The van der Waals surface area contributed by atoms with Crippen LogP contribution >= 0.6 is 0 Å². The van der Waals surface area contributed by atoms with Gasteiger partial charge in [-0.15, -0.1) is 0 Å². The zero-order chi connectivity index (χ0) is 15.2. The van der Waals surface area contributed by atoms with E-state index in [1.807, 2.05) is 0 Å². The summed E-state index contributed by atoms with van der Waals surface area (Å²) in [6, 6.07) is 10.4. The second-order valence-corrected chi connectivity index (χ2v) is 4.57. The molecule has 0 fully saturated rings. The van der Waals surface area contributed by atoms with Crippen LogP contribution in [0, 0.1) is 0 Å². The van der Waals surface area contributed by atoms with Crippen molar-refractivity contribution in [3.63, 3.8) is 0 Å². The highest BCUT2D eigenvalue weighted by Crippen LogP contribution is 2.15. The van der Waals surface area contributed by atoms with Crippen LogP contribution in [0.15, 0.2) is 42.6 Å². The normalized spacial score (nSPS) is 9.95. The van der Waals surface area contributed by atoms with Crippen molar-refractivity contribution in [2.45, 2.75) is 13.3 Å². The molecule has 0 atom stereocenters. The van der Waals surface area contributed by atoms with E-state index in [2.05, 4.69) is 15.6 Å². The van der Waals surface area contributed by atoms with E-state index in [-0.39, 0.29) is 18.2 Å². The number of hydrogen-bond donors (Lipinski definition) is 3. The molecule has 1 heterocycles. The van der Waals surface area contributed by atoms with Gasteiger partial charge in [0.05, 0.1) is 18.3 Å². The molecule has 0 aliphatic rings. The lowest BCUT2D eigenvalue weighted by atomic mass is 10.2. The second kappa shape index (κ2) is 6.51. The van der Waals surface area contributed by atoms with Gasteiger partial charge in [0.2, 0.25) is 11.8 Å². The third-order valence-corrected chi connectivity index (χ3v) is 2.66. The molecule has 21 heavy (non-hydrogen) atoms. The van der Waals surface area contributed by atoms with Gasteiger partial charge in [0.1, 0.15) is 0 Å². The number of rotatable bonds is 4. The van der Waals surface area contributed by atoms with Crippen molar-refractivity contribution in [1.29, 1.82) is 0 Å². The predicted molar refractivity (Wildman–Crippen MR) is 81.7 cm³/mol. The monoisotopic (exact) mass is 284 g/mol. The van der Waals surface area contributed by atoms with E-state index in [1.165, 1.54) is 13.1 Å². The maximum atomic E-state index is 11.9. The van der Waals surface area contributed by atoms with Gasteiger partial charge >= 0.3 is 0 Å². The maximum absolute atomic E-state index is 11.9. The minimum Gasteiger partial charge on any atom is -0.397 e. The van der Waals surface area contributed by atoms with Gasteiger partial charge in [0.15, 0.2) is 0 Å². The molecule has 2 amide bonds. The number of carbonyl (C=O) groups is 2. The summed E-state index contributed by atoms with van der Waals surface area (Å²) in [4.78, 5) is 27.0. The van der Waals surface area contributed by atoms with Crippen molar-refractivity contribution in [3.8, 4) is 0 Å². The number of nitrogens with two attached hydrogens (primary N) is 1. The summed E-state index contributed by atoms with van der Waals surface area (Å²) in [6.07, 6.45) is 1.67. The maximum Gasteiger partial charge on any atom is 0.230 e. The molecular weight excluding hydrogens is 268 g/mol. The molecule has 2 aromatic rings. The van der Waals surface area contributed by atoms with Gasteiger partial charge in [-0.05, 0) is 30.3 Å². The zero-order valence-corrected chi connectivity index (χ0v) is 11.6. The van der Waals surface area contributed by atoms with Crippen molar-refractivity contribution < 1.29 is 9.59 Å². The van der Waals surface area contributed by atoms with Gasteiger partial charge in [-0.2, -0.15) is 0 Å². The molecule has 0 aliphatic carbocycles. The zero-order valence-electron chi connectivity index (χ0n) is 11.6. The van der Waals surface area contributed by atoms with Crippen LogP contribution < -0.4 is 16.4 Å². The molecule has 0 bridgehead atoms. The molecule has 0 spiro atoms. The van der Waals surface area contributed by atoms with Crippen LogP contribution in [0.3, 0.4) is 0 Å². The highest BCUT2D eigenvalue weighted by molar-refractivity contribution is 5.94. The number of benzene rings is 1. The van der Waals surface area contributed by atoms with E-state index in [4.69, 9.17) is 5.73 Å². The second-order valence-electron chi connectivity index (χ2n) is 4.57. The third kappa shape index (κ3) is 4.61. The number of aromatic nitrogens is 1. The number of amides is 2. The first kappa shape index (κ1) is 14.5. The molecule has 0 saturated heterocycles.